The third kappa shape index (κ3) is 9.31. The molecule has 2 aromatic carbocycles. The second-order valence-corrected chi connectivity index (χ2v) is 10.2. The van der Waals surface area contributed by atoms with E-state index in [4.69, 9.17) is 21.4 Å². The van der Waals surface area contributed by atoms with E-state index in [1.165, 1.54) is 44.6 Å². The van der Waals surface area contributed by atoms with Gasteiger partial charge in [-0.15, -0.1) is 0 Å². The van der Waals surface area contributed by atoms with Crippen LogP contribution in [-0.2, 0) is 0 Å². The average molecular weight is 602 g/mol. The van der Waals surface area contributed by atoms with Crippen molar-refractivity contribution in [3.63, 3.8) is 0 Å². The van der Waals surface area contributed by atoms with E-state index in [0.717, 1.165) is 28.0 Å². The zero-order valence-electron chi connectivity index (χ0n) is 24.3. The van der Waals surface area contributed by atoms with Crippen LogP contribution in [-0.4, -0.2) is 81.2 Å². The van der Waals surface area contributed by atoms with Gasteiger partial charge in [0.05, 0.1) is 23.2 Å². The summed E-state index contributed by atoms with van der Waals surface area (Å²) in [4.78, 5) is 33.7. The number of aromatic amines is 1. The van der Waals surface area contributed by atoms with Gasteiger partial charge in [0.25, 0.3) is 5.91 Å². The molecule has 0 bridgehead atoms. The van der Waals surface area contributed by atoms with Crippen molar-refractivity contribution in [3.05, 3.63) is 90.0 Å². The van der Waals surface area contributed by atoms with Crippen LogP contribution < -0.4 is 10.1 Å². The van der Waals surface area contributed by atoms with E-state index < -0.39 is 0 Å². The molecule has 1 amide bonds. The first-order valence-electron chi connectivity index (χ1n) is 14.1. The Morgan fingerprint density at radius 3 is 2.44 bits per heavy atom. The van der Waals surface area contributed by atoms with Gasteiger partial charge < -0.3 is 25.0 Å². The number of piperidine rings is 1. The van der Waals surface area contributed by atoms with E-state index in [0.29, 0.717) is 22.3 Å². The van der Waals surface area contributed by atoms with Crippen LogP contribution in [0.5, 0.6) is 5.75 Å². The van der Waals surface area contributed by atoms with Crippen molar-refractivity contribution >= 4 is 28.5 Å². The van der Waals surface area contributed by atoms with Gasteiger partial charge in [-0.05, 0) is 81.5 Å². The van der Waals surface area contributed by atoms with Crippen LogP contribution >= 0.6 is 11.6 Å². The third-order valence-corrected chi connectivity index (χ3v) is 6.79. The number of benzene rings is 2. The number of hydrogen-bond donors (Lipinski definition) is 3. The highest BCUT2D eigenvalue weighted by molar-refractivity contribution is 6.30. The molecule has 4 heterocycles. The van der Waals surface area contributed by atoms with Crippen LogP contribution in [0.25, 0.3) is 33.8 Å². The van der Waals surface area contributed by atoms with Gasteiger partial charge in [0.15, 0.2) is 5.82 Å². The largest absolute Gasteiger partial charge is 0.490 e. The predicted octanol–water partition coefficient (Wildman–Crippen LogP) is 5.25. The number of aliphatic hydroxyl groups excluding tert-OH is 1. The summed E-state index contributed by atoms with van der Waals surface area (Å²) in [5, 5.41) is 11.9. The molecule has 0 saturated carbocycles. The summed E-state index contributed by atoms with van der Waals surface area (Å²) in [6.07, 6.45) is 9.21. The highest BCUT2D eigenvalue weighted by atomic mass is 35.5. The summed E-state index contributed by atoms with van der Waals surface area (Å²) in [6.45, 7) is 2.85. The highest BCUT2D eigenvalue weighted by Gasteiger charge is 2.12. The second-order valence-electron chi connectivity index (χ2n) is 9.76. The summed E-state index contributed by atoms with van der Waals surface area (Å²) < 4.78 is 5.60. The number of amides is 1. The summed E-state index contributed by atoms with van der Waals surface area (Å²) in [6, 6.07) is 18.4. The maximum Gasteiger partial charge on any atom is 0.269 e. The van der Waals surface area contributed by atoms with Crippen molar-refractivity contribution in [2.75, 3.05) is 40.4 Å². The van der Waals surface area contributed by atoms with E-state index in [2.05, 4.69) is 42.2 Å². The molecule has 11 heteroatoms. The normalized spacial score (nSPS) is 12.8. The number of hydrogen-bond acceptors (Lipinski definition) is 8. The number of carbonyl (C=O) groups excluding carboxylic acids is 1. The van der Waals surface area contributed by atoms with Gasteiger partial charge >= 0.3 is 0 Å². The van der Waals surface area contributed by atoms with E-state index >= 15 is 0 Å². The first kappa shape index (κ1) is 31.6. The number of halogens is 1. The summed E-state index contributed by atoms with van der Waals surface area (Å²) in [5.74, 6) is 1.84. The lowest BCUT2D eigenvalue weighted by Gasteiger charge is -2.20. The Morgan fingerprint density at radius 2 is 1.77 bits per heavy atom. The van der Waals surface area contributed by atoms with E-state index in [1.54, 1.807) is 31.6 Å². The minimum atomic E-state index is -0.229. The van der Waals surface area contributed by atoms with Crippen LogP contribution in [0.1, 0.15) is 29.8 Å². The van der Waals surface area contributed by atoms with Crippen LogP contribution in [0.15, 0.2) is 79.3 Å². The molecular weight excluding hydrogens is 566 g/mol. The smallest absolute Gasteiger partial charge is 0.269 e. The fourth-order valence-corrected chi connectivity index (χ4v) is 4.54. The molecule has 43 heavy (non-hydrogen) atoms. The second kappa shape index (κ2) is 16.3. The molecule has 0 aliphatic carbocycles. The van der Waals surface area contributed by atoms with Gasteiger partial charge in [-0.25, -0.2) is 15.0 Å². The number of nitrogens with zero attached hydrogens (tertiary/aromatic N) is 5. The number of likely N-dealkylation sites (tertiary alicyclic amines) is 1. The monoisotopic (exact) mass is 601 g/mol. The van der Waals surface area contributed by atoms with Crippen LogP contribution in [0, 0.1) is 0 Å². The average Bonchev–Trinajstić information content (AvgIpc) is 3.48. The van der Waals surface area contributed by atoms with Crippen LogP contribution in [0.3, 0.4) is 0 Å². The molecule has 3 N–H and O–H groups in total. The van der Waals surface area contributed by atoms with E-state index in [9.17, 15) is 4.79 Å². The molecule has 224 valence electrons. The Labute approximate surface area is 256 Å². The van der Waals surface area contributed by atoms with Gasteiger partial charge in [-0.2, -0.15) is 0 Å². The van der Waals surface area contributed by atoms with E-state index in [1.807, 2.05) is 42.5 Å². The Hall–Kier alpha value is -4.38. The first-order chi connectivity index (χ1) is 21.0. The van der Waals surface area contributed by atoms with Crippen molar-refractivity contribution in [2.45, 2.75) is 19.3 Å². The lowest BCUT2D eigenvalue weighted by molar-refractivity contribution is 0.0958. The Morgan fingerprint density at radius 1 is 1.00 bits per heavy atom. The summed E-state index contributed by atoms with van der Waals surface area (Å²) in [7, 11) is 3.74. The third-order valence-electron chi connectivity index (χ3n) is 6.56. The summed E-state index contributed by atoms with van der Waals surface area (Å²) >= 11 is 5.63. The van der Waals surface area contributed by atoms with Crippen LogP contribution in [0.2, 0.25) is 5.02 Å². The molecular formula is C32H36ClN7O3. The lowest BCUT2D eigenvalue weighted by Crippen LogP contribution is -2.24. The number of carbonyl (C=O) groups is 1. The van der Waals surface area contributed by atoms with Crippen molar-refractivity contribution in [1.82, 2.24) is 35.1 Å². The maximum atomic E-state index is 10.9. The molecule has 1 fully saturated rings. The Balaban J connectivity index is 0.000000193. The fraction of sp³-hybridized carbons (Fsp3) is 0.281. The van der Waals surface area contributed by atoms with Gasteiger partial charge in [0.2, 0.25) is 0 Å². The molecule has 3 aromatic heterocycles. The maximum absolute atomic E-state index is 10.9. The molecule has 6 rings (SSSR count). The fourth-order valence-electron chi connectivity index (χ4n) is 4.38. The minimum Gasteiger partial charge on any atom is -0.490 e. The Bertz CT molecular complexity index is 1590. The molecule has 0 atom stereocenters. The van der Waals surface area contributed by atoms with Gasteiger partial charge in [0, 0.05) is 36.2 Å². The number of nitrogens with one attached hydrogen (secondary N) is 2. The van der Waals surface area contributed by atoms with Crippen LogP contribution in [0.4, 0.5) is 0 Å². The van der Waals surface area contributed by atoms with Crippen molar-refractivity contribution < 1.29 is 14.6 Å². The van der Waals surface area contributed by atoms with Gasteiger partial charge in [0.1, 0.15) is 23.9 Å². The van der Waals surface area contributed by atoms with Crippen molar-refractivity contribution in [1.29, 1.82) is 0 Å². The standard InChI is InChI=1S/C19H16N4O2.C7H7ClN2O.C6H13N/c24-10-11-25-17-5-2-1-4-14(17)19-22-15-7-6-13(12-16(15)23-19)18-20-8-3-9-21-18;1-9-7(11)6-4-5(8)2-3-10-6;1-7-5-3-2-4-6-7/h1-9,12,24H,10-11H2,(H,22,23);2-4H,1H3,(H,9,11);2-6H2,1H3. The predicted molar refractivity (Wildman–Crippen MR) is 169 cm³/mol. The molecule has 1 aliphatic heterocycles. The zero-order valence-corrected chi connectivity index (χ0v) is 25.1. The molecule has 0 radical (unpaired) electrons. The SMILES string of the molecule is CN1CCCCC1.CNC(=O)c1cc(Cl)ccn1.OCCOc1ccccc1-c1nc2ccc(-c3ncccn3)cc2[nH]1. The van der Waals surface area contributed by atoms with Crippen molar-refractivity contribution in [2.24, 2.45) is 0 Å². The summed E-state index contributed by atoms with van der Waals surface area (Å²) in [5.41, 5.74) is 3.86. The van der Waals surface area contributed by atoms with Gasteiger partial charge in [-0.1, -0.05) is 30.2 Å². The lowest BCUT2D eigenvalue weighted by atomic mass is 10.1. The number of fused-ring (bicyclic) bond motifs is 1. The van der Waals surface area contributed by atoms with E-state index in [-0.39, 0.29) is 19.1 Å². The quantitative estimate of drug-likeness (QED) is 0.240. The number of imidazole rings is 1. The highest BCUT2D eigenvalue weighted by Crippen LogP contribution is 2.30. The molecule has 10 nitrogen and oxygen atoms in total. The Kier molecular flexibility index (Phi) is 12.0. The number of ether oxygens (including phenoxy) is 1. The number of aliphatic hydroxyl groups is 1. The van der Waals surface area contributed by atoms with Gasteiger partial charge in [-0.3, -0.25) is 9.78 Å². The number of H-pyrrole nitrogens is 1. The number of aromatic nitrogens is 5. The first-order valence-corrected chi connectivity index (χ1v) is 14.5. The number of pyridine rings is 1. The molecule has 1 aliphatic rings. The molecule has 1 saturated heterocycles. The molecule has 5 aromatic rings. The minimum absolute atomic E-state index is 0.0328. The number of para-hydroxylation sites is 1. The number of rotatable bonds is 6. The molecule has 0 spiro atoms. The van der Waals surface area contributed by atoms with Crippen molar-refractivity contribution in [3.8, 4) is 28.5 Å². The zero-order chi connectivity index (χ0) is 30.4. The topological polar surface area (TPSA) is 129 Å². The molecule has 0 unspecified atom stereocenters.